The smallest absolute Gasteiger partial charge is 0.269 e. The maximum absolute atomic E-state index is 13.2. The van der Waals surface area contributed by atoms with Gasteiger partial charge in [0, 0.05) is 33.2 Å². The van der Waals surface area contributed by atoms with E-state index in [0.717, 1.165) is 4.88 Å². The summed E-state index contributed by atoms with van der Waals surface area (Å²) in [5.41, 5.74) is -1.29. The standard InChI is InChI=1S/C21H15ClN2O5S/c22-14-5-8-18-17(10-14)21(27,20(26)23(18)12-16-2-1-9-30-16)11-19(25)13-3-6-15(7-4-13)24(28)29/h1-10,27H,11-12H2. The van der Waals surface area contributed by atoms with Crippen molar-refractivity contribution >= 4 is 46.0 Å². The first-order valence-corrected chi connectivity index (χ1v) is 10.2. The van der Waals surface area contributed by atoms with Crippen molar-refractivity contribution in [1.29, 1.82) is 0 Å². The molecule has 152 valence electrons. The van der Waals surface area contributed by atoms with Crippen LogP contribution < -0.4 is 4.90 Å². The van der Waals surface area contributed by atoms with E-state index >= 15 is 0 Å². The molecule has 2 heterocycles. The van der Waals surface area contributed by atoms with Gasteiger partial charge in [-0.3, -0.25) is 19.7 Å². The molecule has 1 aliphatic heterocycles. The lowest BCUT2D eigenvalue weighted by atomic mass is 9.88. The first-order chi connectivity index (χ1) is 14.3. The van der Waals surface area contributed by atoms with Gasteiger partial charge in [-0.15, -0.1) is 11.3 Å². The van der Waals surface area contributed by atoms with Crippen LogP contribution in [-0.2, 0) is 16.9 Å². The number of benzene rings is 2. The number of hydrogen-bond donors (Lipinski definition) is 1. The summed E-state index contributed by atoms with van der Waals surface area (Å²) < 4.78 is 0. The zero-order valence-corrected chi connectivity index (χ0v) is 17.0. The molecule has 30 heavy (non-hydrogen) atoms. The fourth-order valence-corrected chi connectivity index (χ4v) is 4.38. The normalized spacial score (nSPS) is 17.8. The summed E-state index contributed by atoms with van der Waals surface area (Å²) >= 11 is 7.58. The largest absolute Gasteiger partial charge is 0.375 e. The molecule has 7 nitrogen and oxygen atoms in total. The molecule has 0 saturated carbocycles. The Morgan fingerprint density at radius 2 is 1.93 bits per heavy atom. The number of carbonyl (C=O) groups excluding carboxylic acids is 2. The van der Waals surface area contributed by atoms with E-state index in [9.17, 15) is 24.8 Å². The summed E-state index contributed by atoms with van der Waals surface area (Å²) in [6, 6.07) is 13.6. The Bertz CT molecular complexity index is 1150. The molecular weight excluding hydrogens is 428 g/mol. The Balaban J connectivity index is 1.67. The molecule has 0 spiro atoms. The van der Waals surface area contributed by atoms with Crippen LogP contribution in [0.5, 0.6) is 0 Å². The predicted molar refractivity (Wildman–Crippen MR) is 113 cm³/mol. The molecule has 1 atom stereocenters. The van der Waals surface area contributed by atoms with Gasteiger partial charge in [0.05, 0.1) is 23.6 Å². The number of nitrogens with zero attached hydrogens (tertiary/aromatic N) is 2. The lowest BCUT2D eigenvalue weighted by molar-refractivity contribution is -0.384. The third-order valence-corrected chi connectivity index (χ3v) is 6.10. The highest BCUT2D eigenvalue weighted by Gasteiger charge is 2.51. The third-order valence-electron chi connectivity index (χ3n) is 5.00. The maximum atomic E-state index is 13.2. The lowest BCUT2D eigenvalue weighted by Crippen LogP contribution is -2.41. The number of nitro benzene ring substituents is 1. The number of Topliss-reactive ketones (excluding diaryl/α,β-unsaturated/α-hetero) is 1. The van der Waals surface area contributed by atoms with E-state index in [2.05, 4.69) is 0 Å². The predicted octanol–water partition coefficient (Wildman–Crippen LogP) is 4.32. The summed E-state index contributed by atoms with van der Waals surface area (Å²) in [5.74, 6) is -1.12. The molecule has 0 fully saturated rings. The quantitative estimate of drug-likeness (QED) is 0.348. The molecule has 1 unspecified atom stereocenters. The molecule has 0 saturated heterocycles. The highest BCUT2D eigenvalue weighted by atomic mass is 35.5. The average molecular weight is 443 g/mol. The number of hydrogen-bond acceptors (Lipinski definition) is 6. The fraction of sp³-hybridized carbons (Fsp3) is 0.143. The molecule has 0 bridgehead atoms. The minimum atomic E-state index is -2.07. The van der Waals surface area contributed by atoms with Crippen molar-refractivity contribution < 1.29 is 19.6 Å². The Hall–Kier alpha value is -3.07. The van der Waals surface area contributed by atoms with Crippen molar-refractivity contribution in [3.63, 3.8) is 0 Å². The van der Waals surface area contributed by atoms with Crippen LogP contribution in [0.1, 0.15) is 27.2 Å². The summed E-state index contributed by atoms with van der Waals surface area (Å²) in [4.78, 5) is 38.7. The summed E-state index contributed by atoms with van der Waals surface area (Å²) in [6.45, 7) is 0.263. The lowest BCUT2D eigenvalue weighted by Gasteiger charge is -2.22. The van der Waals surface area contributed by atoms with Gasteiger partial charge < -0.3 is 10.0 Å². The van der Waals surface area contributed by atoms with Crippen LogP contribution in [0, 0.1) is 10.1 Å². The van der Waals surface area contributed by atoms with Crippen LogP contribution in [0.2, 0.25) is 5.02 Å². The first-order valence-electron chi connectivity index (χ1n) is 8.94. The van der Waals surface area contributed by atoms with Gasteiger partial charge in [-0.05, 0) is 41.8 Å². The second-order valence-electron chi connectivity index (χ2n) is 6.90. The second kappa shape index (κ2) is 7.64. The van der Waals surface area contributed by atoms with Gasteiger partial charge >= 0.3 is 0 Å². The number of thiophene rings is 1. The first kappa shape index (κ1) is 20.2. The van der Waals surface area contributed by atoms with E-state index in [0.29, 0.717) is 10.7 Å². The van der Waals surface area contributed by atoms with E-state index in [1.54, 1.807) is 12.1 Å². The SMILES string of the molecule is O=C(CC1(O)C(=O)N(Cc2cccs2)c2ccc(Cl)cc21)c1ccc([N+](=O)[O-])cc1. The van der Waals surface area contributed by atoms with Crippen molar-refractivity contribution in [3.05, 3.63) is 91.1 Å². The highest BCUT2D eigenvalue weighted by Crippen LogP contribution is 2.45. The number of nitro groups is 1. The molecule has 3 aromatic rings. The Morgan fingerprint density at radius 1 is 1.20 bits per heavy atom. The van der Waals surface area contributed by atoms with E-state index in [-0.39, 0.29) is 23.4 Å². The van der Waals surface area contributed by atoms with Gasteiger partial charge in [0.1, 0.15) is 0 Å². The van der Waals surface area contributed by atoms with Gasteiger partial charge in [0.15, 0.2) is 11.4 Å². The number of ketones is 1. The van der Waals surface area contributed by atoms with Crippen LogP contribution in [0.4, 0.5) is 11.4 Å². The number of anilines is 1. The second-order valence-corrected chi connectivity index (χ2v) is 8.37. The molecule has 1 aromatic heterocycles. The molecule has 1 aliphatic rings. The van der Waals surface area contributed by atoms with Crippen molar-refractivity contribution in [1.82, 2.24) is 0 Å². The van der Waals surface area contributed by atoms with Gasteiger partial charge in [-0.1, -0.05) is 17.7 Å². The van der Waals surface area contributed by atoms with Gasteiger partial charge in [0.2, 0.25) is 0 Å². The number of aliphatic hydroxyl groups is 1. The zero-order valence-electron chi connectivity index (χ0n) is 15.4. The monoisotopic (exact) mass is 442 g/mol. The fourth-order valence-electron chi connectivity index (χ4n) is 3.51. The average Bonchev–Trinajstić information content (AvgIpc) is 3.30. The number of halogens is 1. The van der Waals surface area contributed by atoms with Gasteiger partial charge in [-0.25, -0.2) is 0 Å². The minimum Gasteiger partial charge on any atom is -0.375 e. The van der Waals surface area contributed by atoms with E-state index < -0.39 is 28.6 Å². The van der Waals surface area contributed by atoms with E-state index in [1.165, 1.54) is 46.6 Å². The molecule has 1 N–H and O–H groups in total. The van der Waals surface area contributed by atoms with Crippen LogP contribution in [-0.4, -0.2) is 21.7 Å². The summed E-state index contributed by atoms with van der Waals surface area (Å²) in [5, 5.41) is 24.4. The molecular formula is C21H15ClN2O5S. The van der Waals surface area contributed by atoms with Crippen LogP contribution in [0.25, 0.3) is 0 Å². The molecule has 9 heteroatoms. The van der Waals surface area contributed by atoms with Crippen molar-refractivity contribution in [2.24, 2.45) is 0 Å². The summed E-state index contributed by atoms with van der Waals surface area (Å²) in [7, 11) is 0. The number of rotatable bonds is 6. The molecule has 0 aliphatic carbocycles. The van der Waals surface area contributed by atoms with Crippen molar-refractivity contribution in [2.75, 3.05) is 4.90 Å². The third kappa shape index (κ3) is 3.49. The van der Waals surface area contributed by atoms with E-state index in [4.69, 9.17) is 11.6 Å². The molecule has 4 rings (SSSR count). The number of non-ortho nitro benzene ring substituents is 1. The van der Waals surface area contributed by atoms with Gasteiger partial charge in [-0.2, -0.15) is 0 Å². The van der Waals surface area contributed by atoms with Crippen molar-refractivity contribution in [2.45, 2.75) is 18.6 Å². The molecule has 0 radical (unpaired) electrons. The molecule has 2 aromatic carbocycles. The number of fused-ring (bicyclic) bond motifs is 1. The van der Waals surface area contributed by atoms with Gasteiger partial charge in [0.25, 0.3) is 11.6 Å². The van der Waals surface area contributed by atoms with Crippen LogP contribution in [0.15, 0.2) is 60.0 Å². The molecule has 1 amide bonds. The zero-order chi connectivity index (χ0) is 21.5. The maximum Gasteiger partial charge on any atom is 0.269 e. The topological polar surface area (TPSA) is 101 Å². The van der Waals surface area contributed by atoms with Crippen LogP contribution >= 0.6 is 22.9 Å². The Labute approximate surface area is 180 Å². The number of amides is 1. The number of carbonyl (C=O) groups is 2. The Morgan fingerprint density at radius 3 is 2.57 bits per heavy atom. The van der Waals surface area contributed by atoms with Crippen LogP contribution in [0.3, 0.4) is 0 Å². The van der Waals surface area contributed by atoms with E-state index in [1.807, 2.05) is 17.5 Å². The summed E-state index contributed by atoms with van der Waals surface area (Å²) in [6.07, 6.45) is -0.502. The van der Waals surface area contributed by atoms with Crippen molar-refractivity contribution in [3.8, 4) is 0 Å². The highest BCUT2D eigenvalue weighted by molar-refractivity contribution is 7.09. The Kier molecular flexibility index (Phi) is 5.15. The minimum absolute atomic E-state index is 0.151.